The van der Waals surface area contributed by atoms with Crippen molar-refractivity contribution in [1.82, 2.24) is 9.62 Å². The van der Waals surface area contributed by atoms with Crippen LogP contribution in [0.15, 0.2) is 24.3 Å². The number of sulfonamides is 1. The topological polar surface area (TPSA) is 75.4 Å². The second-order valence-electron chi connectivity index (χ2n) is 5.77. The predicted octanol–water partition coefficient (Wildman–Crippen LogP) is 1.56. The standard InChI is InChI=1S/C15H25N3O2S/c1-18(14-7-3-4-8-14)11-10-17-21(19,20)12-13-6-2-5-9-15(13)16/h2,5-6,9,14,17H,3-4,7-8,10-12,16H2,1H3. The molecule has 6 heteroatoms. The van der Waals surface area contributed by atoms with Gasteiger partial charge in [-0.15, -0.1) is 0 Å². The molecule has 2 rings (SSSR count). The molecule has 1 fully saturated rings. The zero-order chi connectivity index (χ0) is 15.3. The molecule has 118 valence electrons. The number of para-hydroxylation sites is 1. The van der Waals surface area contributed by atoms with Gasteiger partial charge in [-0.2, -0.15) is 0 Å². The van der Waals surface area contributed by atoms with Crippen molar-refractivity contribution in [2.24, 2.45) is 0 Å². The van der Waals surface area contributed by atoms with E-state index in [0.717, 1.165) is 6.54 Å². The second-order valence-corrected chi connectivity index (χ2v) is 7.58. The van der Waals surface area contributed by atoms with Crippen LogP contribution in [0.3, 0.4) is 0 Å². The van der Waals surface area contributed by atoms with Gasteiger partial charge in [0.05, 0.1) is 5.75 Å². The molecule has 1 aliphatic rings. The summed E-state index contributed by atoms with van der Waals surface area (Å²) >= 11 is 0. The van der Waals surface area contributed by atoms with Gasteiger partial charge in [-0.05, 0) is 31.5 Å². The van der Waals surface area contributed by atoms with Crippen molar-refractivity contribution in [2.75, 3.05) is 25.9 Å². The monoisotopic (exact) mass is 311 g/mol. The van der Waals surface area contributed by atoms with E-state index in [-0.39, 0.29) is 5.75 Å². The predicted molar refractivity (Wildman–Crippen MR) is 86.4 cm³/mol. The quantitative estimate of drug-likeness (QED) is 0.749. The van der Waals surface area contributed by atoms with Crippen molar-refractivity contribution in [3.05, 3.63) is 29.8 Å². The summed E-state index contributed by atoms with van der Waals surface area (Å²) in [5.74, 6) is -0.0627. The van der Waals surface area contributed by atoms with Gasteiger partial charge in [0.2, 0.25) is 10.0 Å². The van der Waals surface area contributed by atoms with Gasteiger partial charge in [-0.1, -0.05) is 31.0 Å². The largest absolute Gasteiger partial charge is 0.398 e. The first kappa shape index (κ1) is 16.3. The molecule has 3 N–H and O–H groups in total. The van der Waals surface area contributed by atoms with E-state index < -0.39 is 10.0 Å². The first-order chi connectivity index (χ1) is 9.98. The third-order valence-corrected chi connectivity index (χ3v) is 5.47. The highest BCUT2D eigenvalue weighted by atomic mass is 32.2. The number of nitrogens with two attached hydrogens (primary N) is 1. The molecule has 0 atom stereocenters. The minimum atomic E-state index is -3.33. The van der Waals surface area contributed by atoms with Crippen LogP contribution in [0.1, 0.15) is 31.2 Å². The first-order valence-corrected chi connectivity index (χ1v) is 9.14. The summed E-state index contributed by atoms with van der Waals surface area (Å²) in [4.78, 5) is 2.26. The normalized spacial score (nSPS) is 16.7. The van der Waals surface area contributed by atoms with Gasteiger partial charge < -0.3 is 10.6 Å². The molecule has 0 amide bonds. The van der Waals surface area contributed by atoms with E-state index in [1.165, 1.54) is 25.7 Å². The number of anilines is 1. The Kier molecular flexibility index (Phi) is 5.61. The van der Waals surface area contributed by atoms with E-state index in [1.54, 1.807) is 24.3 Å². The molecule has 0 radical (unpaired) electrons. The average Bonchev–Trinajstić information content (AvgIpc) is 2.95. The molecule has 0 spiro atoms. The van der Waals surface area contributed by atoms with E-state index in [9.17, 15) is 8.42 Å². The van der Waals surface area contributed by atoms with Crippen molar-refractivity contribution in [3.8, 4) is 0 Å². The maximum absolute atomic E-state index is 12.1. The number of benzene rings is 1. The second kappa shape index (κ2) is 7.24. The Morgan fingerprint density at radius 3 is 2.62 bits per heavy atom. The molecule has 5 nitrogen and oxygen atoms in total. The molecule has 1 aromatic rings. The molecule has 0 heterocycles. The van der Waals surface area contributed by atoms with Crippen LogP contribution in [-0.4, -0.2) is 39.5 Å². The summed E-state index contributed by atoms with van der Waals surface area (Å²) < 4.78 is 26.8. The third kappa shape index (κ3) is 4.98. The lowest BCUT2D eigenvalue weighted by atomic mass is 10.2. The van der Waals surface area contributed by atoms with E-state index in [1.807, 2.05) is 0 Å². The zero-order valence-corrected chi connectivity index (χ0v) is 13.4. The van der Waals surface area contributed by atoms with Crippen LogP contribution in [0.2, 0.25) is 0 Å². The van der Waals surface area contributed by atoms with Gasteiger partial charge >= 0.3 is 0 Å². The molecule has 0 aliphatic heterocycles. The number of nitrogen functional groups attached to an aromatic ring is 1. The Morgan fingerprint density at radius 1 is 1.29 bits per heavy atom. The van der Waals surface area contributed by atoms with Crippen LogP contribution in [0.5, 0.6) is 0 Å². The minimum Gasteiger partial charge on any atom is -0.398 e. The lowest BCUT2D eigenvalue weighted by Gasteiger charge is -2.23. The maximum atomic E-state index is 12.1. The fraction of sp³-hybridized carbons (Fsp3) is 0.600. The van der Waals surface area contributed by atoms with E-state index >= 15 is 0 Å². The zero-order valence-electron chi connectivity index (χ0n) is 12.6. The van der Waals surface area contributed by atoms with Gasteiger partial charge in [0.25, 0.3) is 0 Å². The maximum Gasteiger partial charge on any atom is 0.215 e. The molecule has 1 saturated carbocycles. The molecule has 0 saturated heterocycles. The number of hydrogen-bond donors (Lipinski definition) is 2. The van der Waals surface area contributed by atoms with Gasteiger partial charge in [0.1, 0.15) is 0 Å². The summed E-state index contributed by atoms with van der Waals surface area (Å²) in [6.07, 6.45) is 5.02. The fourth-order valence-corrected chi connectivity index (χ4v) is 4.00. The molecule has 1 aromatic carbocycles. The van der Waals surface area contributed by atoms with Crippen LogP contribution in [-0.2, 0) is 15.8 Å². The van der Waals surface area contributed by atoms with Crippen molar-refractivity contribution in [3.63, 3.8) is 0 Å². The van der Waals surface area contributed by atoms with Crippen LogP contribution in [0, 0.1) is 0 Å². The number of hydrogen-bond acceptors (Lipinski definition) is 4. The summed E-state index contributed by atoms with van der Waals surface area (Å²) in [5.41, 5.74) is 6.95. The summed E-state index contributed by atoms with van der Waals surface area (Å²) in [6, 6.07) is 7.68. The number of rotatable bonds is 7. The molecular formula is C15H25N3O2S. The Balaban J connectivity index is 1.80. The fourth-order valence-electron chi connectivity index (χ4n) is 2.83. The van der Waals surface area contributed by atoms with Crippen molar-refractivity contribution < 1.29 is 8.42 Å². The molecule has 1 aliphatic carbocycles. The van der Waals surface area contributed by atoms with Gasteiger partial charge in [0, 0.05) is 24.8 Å². The Labute approximate surface area is 127 Å². The molecule has 0 aromatic heterocycles. The number of nitrogens with one attached hydrogen (secondary N) is 1. The highest BCUT2D eigenvalue weighted by molar-refractivity contribution is 7.88. The van der Waals surface area contributed by atoms with Gasteiger partial charge in [-0.3, -0.25) is 0 Å². The molecular weight excluding hydrogens is 286 g/mol. The van der Waals surface area contributed by atoms with Crippen LogP contribution >= 0.6 is 0 Å². The van der Waals surface area contributed by atoms with Crippen LogP contribution < -0.4 is 10.5 Å². The van der Waals surface area contributed by atoms with Crippen LogP contribution in [0.4, 0.5) is 5.69 Å². The Bertz CT molecular complexity index is 554. The van der Waals surface area contributed by atoms with E-state index in [2.05, 4.69) is 16.7 Å². The van der Waals surface area contributed by atoms with Crippen molar-refractivity contribution >= 4 is 15.7 Å². The molecule has 0 bridgehead atoms. The lowest BCUT2D eigenvalue weighted by molar-refractivity contribution is 0.250. The van der Waals surface area contributed by atoms with E-state index in [0.29, 0.717) is 23.8 Å². The average molecular weight is 311 g/mol. The highest BCUT2D eigenvalue weighted by Crippen LogP contribution is 2.21. The van der Waals surface area contributed by atoms with Gasteiger partial charge in [0.15, 0.2) is 0 Å². The Morgan fingerprint density at radius 2 is 1.95 bits per heavy atom. The summed E-state index contributed by atoms with van der Waals surface area (Å²) in [6.45, 7) is 1.19. The number of nitrogens with zero attached hydrogens (tertiary/aromatic N) is 1. The summed E-state index contributed by atoms with van der Waals surface area (Å²) in [7, 11) is -1.26. The SMILES string of the molecule is CN(CCNS(=O)(=O)Cc1ccccc1N)C1CCCC1. The number of likely N-dealkylation sites (N-methyl/N-ethyl adjacent to an activating group) is 1. The van der Waals surface area contributed by atoms with Crippen molar-refractivity contribution in [1.29, 1.82) is 0 Å². The summed E-state index contributed by atoms with van der Waals surface area (Å²) in [5, 5.41) is 0. The minimum absolute atomic E-state index is 0.0627. The highest BCUT2D eigenvalue weighted by Gasteiger charge is 2.19. The molecule has 21 heavy (non-hydrogen) atoms. The third-order valence-electron chi connectivity index (χ3n) is 4.14. The first-order valence-electron chi connectivity index (χ1n) is 7.49. The van der Waals surface area contributed by atoms with Gasteiger partial charge in [-0.25, -0.2) is 13.1 Å². The van der Waals surface area contributed by atoms with E-state index in [4.69, 9.17) is 5.73 Å². The Hall–Kier alpha value is -1.11. The lowest BCUT2D eigenvalue weighted by Crippen LogP contribution is -2.37. The van der Waals surface area contributed by atoms with Crippen molar-refractivity contribution in [2.45, 2.75) is 37.5 Å². The van der Waals surface area contributed by atoms with Crippen LogP contribution in [0.25, 0.3) is 0 Å². The smallest absolute Gasteiger partial charge is 0.215 e. The molecule has 0 unspecified atom stereocenters.